The first-order chi connectivity index (χ1) is 14.4. The summed E-state index contributed by atoms with van der Waals surface area (Å²) >= 11 is 0. The maximum Gasteiger partial charge on any atom is 0.251 e. The van der Waals surface area contributed by atoms with Gasteiger partial charge in [0.1, 0.15) is 5.76 Å². The van der Waals surface area contributed by atoms with E-state index in [2.05, 4.69) is 10.5 Å². The average Bonchev–Trinajstić information content (AvgIpc) is 3.09. The van der Waals surface area contributed by atoms with Gasteiger partial charge < -0.3 is 19.6 Å². The van der Waals surface area contributed by atoms with Gasteiger partial charge in [0.25, 0.3) is 5.91 Å². The zero-order valence-corrected chi connectivity index (χ0v) is 17.5. The van der Waals surface area contributed by atoms with E-state index in [1.807, 2.05) is 6.92 Å². The highest BCUT2D eigenvalue weighted by atomic mass is 16.5. The van der Waals surface area contributed by atoms with Crippen LogP contribution in [0.5, 0.6) is 0 Å². The second kappa shape index (κ2) is 9.39. The van der Waals surface area contributed by atoms with Crippen LogP contribution in [0.25, 0.3) is 6.08 Å². The maximum atomic E-state index is 12.6. The Balaban J connectivity index is 1.50. The molecule has 0 radical (unpaired) electrons. The van der Waals surface area contributed by atoms with Crippen molar-refractivity contribution in [3.05, 3.63) is 58.5 Å². The summed E-state index contributed by atoms with van der Waals surface area (Å²) in [6.07, 6.45) is 3.52. The zero-order chi connectivity index (χ0) is 21.7. The van der Waals surface area contributed by atoms with Crippen LogP contribution in [0, 0.1) is 13.8 Å². The lowest BCUT2D eigenvalue weighted by Crippen LogP contribution is -2.50. The van der Waals surface area contributed by atoms with Crippen molar-refractivity contribution in [1.29, 1.82) is 0 Å². The van der Waals surface area contributed by atoms with Crippen molar-refractivity contribution in [2.75, 3.05) is 33.2 Å². The van der Waals surface area contributed by atoms with E-state index in [1.54, 1.807) is 54.1 Å². The first-order valence-electron chi connectivity index (χ1n) is 9.87. The number of aryl methyl sites for hydroxylation is 2. The molecule has 0 saturated carbocycles. The Labute approximate surface area is 175 Å². The van der Waals surface area contributed by atoms with Gasteiger partial charge in [0.05, 0.1) is 12.1 Å². The minimum atomic E-state index is -0.150. The number of rotatable bonds is 5. The summed E-state index contributed by atoms with van der Waals surface area (Å²) in [7, 11) is 1.58. The highest BCUT2D eigenvalue weighted by molar-refractivity contribution is 5.95. The molecule has 3 amide bonds. The van der Waals surface area contributed by atoms with Crippen LogP contribution >= 0.6 is 0 Å². The molecule has 1 aromatic heterocycles. The Hall–Kier alpha value is -3.42. The van der Waals surface area contributed by atoms with Gasteiger partial charge in [0, 0.05) is 50.4 Å². The lowest BCUT2D eigenvalue weighted by atomic mass is 10.1. The molecule has 1 aromatic carbocycles. The molecule has 2 heterocycles. The summed E-state index contributed by atoms with van der Waals surface area (Å²) < 4.78 is 5.12. The van der Waals surface area contributed by atoms with Crippen LogP contribution in [0.2, 0.25) is 0 Å². The summed E-state index contributed by atoms with van der Waals surface area (Å²) in [5.74, 6) is 0.443. The topological polar surface area (TPSA) is 95.8 Å². The van der Waals surface area contributed by atoms with Crippen LogP contribution < -0.4 is 5.32 Å². The second-order valence-electron chi connectivity index (χ2n) is 7.22. The standard InChI is InChI=1S/C22H26N4O4/c1-15-19(16(2)30-24-15)14-21(28)26-12-10-25(11-13-26)20(27)9-6-17-4-7-18(8-5-17)22(29)23-3/h4-9H,10-14H2,1-3H3,(H,23,29)/b9-6+. The van der Waals surface area contributed by atoms with Gasteiger partial charge in [0.2, 0.25) is 11.8 Å². The fourth-order valence-corrected chi connectivity index (χ4v) is 3.36. The van der Waals surface area contributed by atoms with Crippen molar-refractivity contribution < 1.29 is 18.9 Å². The summed E-state index contributed by atoms with van der Waals surface area (Å²) in [4.78, 5) is 40.1. The van der Waals surface area contributed by atoms with E-state index in [-0.39, 0.29) is 24.1 Å². The smallest absolute Gasteiger partial charge is 0.251 e. The van der Waals surface area contributed by atoms with E-state index in [4.69, 9.17) is 4.52 Å². The third-order valence-electron chi connectivity index (χ3n) is 5.27. The lowest BCUT2D eigenvalue weighted by molar-refractivity contribution is -0.136. The molecule has 0 aliphatic carbocycles. The minimum Gasteiger partial charge on any atom is -0.361 e. The van der Waals surface area contributed by atoms with Crippen LogP contribution in [-0.2, 0) is 16.0 Å². The summed E-state index contributed by atoms with van der Waals surface area (Å²) in [5, 5.41) is 6.46. The van der Waals surface area contributed by atoms with Crippen molar-refractivity contribution in [2.45, 2.75) is 20.3 Å². The number of aromatic nitrogens is 1. The van der Waals surface area contributed by atoms with Crippen molar-refractivity contribution >= 4 is 23.8 Å². The first kappa shape index (κ1) is 21.3. The predicted molar refractivity (Wildman–Crippen MR) is 112 cm³/mol. The number of nitrogens with zero attached hydrogens (tertiary/aromatic N) is 3. The Morgan fingerprint density at radius 3 is 2.27 bits per heavy atom. The molecule has 30 heavy (non-hydrogen) atoms. The Morgan fingerprint density at radius 1 is 1.07 bits per heavy atom. The summed E-state index contributed by atoms with van der Waals surface area (Å²) in [6, 6.07) is 7.01. The molecule has 158 valence electrons. The molecule has 1 fully saturated rings. The van der Waals surface area contributed by atoms with E-state index in [1.165, 1.54) is 6.08 Å². The molecule has 0 bridgehead atoms. The van der Waals surface area contributed by atoms with Crippen LogP contribution in [0.3, 0.4) is 0 Å². The fraction of sp³-hybridized carbons (Fsp3) is 0.364. The maximum absolute atomic E-state index is 12.6. The molecular weight excluding hydrogens is 384 g/mol. The molecule has 1 aliphatic heterocycles. The van der Waals surface area contributed by atoms with Crippen molar-refractivity contribution in [2.24, 2.45) is 0 Å². The van der Waals surface area contributed by atoms with Gasteiger partial charge in [-0.3, -0.25) is 14.4 Å². The molecule has 0 unspecified atom stereocenters. The highest BCUT2D eigenvalue weighted by Gasteiger charge is 2.24. The molecule has 3 rings (SSSR count). The van der Waals surface area contributed by atoms with Gasteiger partial charge in [-0.1, -0.05) is 17.3 Å². The molecule has 1 N–H and O–H groups in total. The fourth-order valence-electron chi connectivity index (χ4n) is 3.36. The van der Waals surface area contributed by atoms with Crippen LogP contribution in [0.1, 0.15) is 32.9 Å². The number of hydrogen-bond donors (Lipinski definition) is 1. The lowest BCUT2D eigenvalue weighted by Gasteiger charge is -2.34. The van der Waals surface area contributed by atoms with Crippen LogP contribution in [-0.4, -0.2) is 65.9 Å². The number of carbonyl (C=O) groups excluding carboxylic acids is 3. The third-order valence-corrected chi connectivity index (χ3v) is 5.27. The first-order valence-corrected chi connectivity index (χ1v) is 9.87. The monoisotopic (exact) mass is 410 g/mol. The van der Waals surface area contributed by atoms with Crippen LogP contribution in [0.4, 0.5) is 0 Å². The molecule has 8 nitrogen and oxygen atoms in total. The zero-order valence-electron chi connectivity index (χ0n) is 17.5. The van der Waals surface area contributed by atoms with Crippen molar-refractivity contribution in [1.82, 2.24) is 20.3 Å². The van der Waals surface area contributed by atoms with Crippen LogP contribution in [0.15, 0.2) is 34.9 Å². The summed E-state index contributed by atoms with van der Waals surface area (Å²) in [6.45, 7) is 5.62. The summed E-state index contributed by atoms with van der Waals surface area (Å²) in [5.41, 5.74) is 2.98. The van der Waals surface area contributed by atoms with Gasteiger partial charge >= 0.3 is 0 Å². The highest BCUT2D eigenvalue weighted by Crippen LogP contribution is 2.15. The number of nitrogens with one attached hydrogen (secondary N) is 1. The van der Waals surface area contributed by atoms with Gasteiger partial charge in [-0.15, -0.1) is 0 Å². The van der Waals surface area contributed by atoms with E-state index in [9.17, 15) is 14.4 Å². The van der Waals surface area contributed by atoms with Gasteiger partial charge in [-0.25, -0.2) is 0 Å². The van der Waals surface area contributed by atoms with E-state index in [0.717, 1.165) is 16.8 Å². The van der Waals surface area contributed by atoms with Gasteiger partial charge in [0.15, 0.2) is 0 Å². The quantitative estimate of drug-likeness (QED) is 0.755. The number of amides is 3. The SMILES string of the molecule is CNC(=O)c1ccc(/C=C/C(=O)N2CCN(C(=O)Cc3c(C)noc3C)CC2)cc1. The third kappa shape index (κ3) is 4.94. The molecule has 2 aromatic rings. The largest absolute Gasteiger partial charge is 0.361 e. The number of benzene rings is 1. The molecule has 1 saturated heterocycles. The Morgan fingerprint density at radius 2 is 1.70 bits per heavy atom. The Kier molecular flexibility index (Phi) is 6.66. The molecule has 1 aliphatic rings. The predicted octanol–water partition coefficient (Wildman–Crippen LogP) is 1.58. The van der Waals surface area contributed by atoms with Crippen molar-refractivity contribution in [3.63, 3.8) is 0 Å². The van der Waals surface area contributed by atoms with Gasteiger partial charge in [-0.05, 0) is 37.6 Å². The molecule has 0 spiro atoms. The minimum absolute atomic E-state index is 0.0169. The van der Waals surface area contributed by atoms with E-state index in [0.29, 0.717) is 37.5 Å². The molecule has 8 heteroatoms. The molecule has 0 atom stereocenters. The number of hydrogen-bond acceptors (Lipinski definition) is 5. The Bertz CT molecular complexity index is 935. The number of carbonyl (C=O) groups is 3. The number of piperazine rings is 1. The normalized spacial score (nSPS) is 14.2. The second-order valence-corrected chi connectivity index (χ2v) is 7.22. The van der Waals surface area contributed by atoms with E-state index >= 15 is 0 Å². The van der Waals surface area contributed by atoms with E-state index < -0.39 is 0 Å². The van der Waals surface area contributed by atoms with Crippen molar-refractivity contribution in [3.8, 4) is 0 Å². The molecular formula is C22H26N4O4. The van der Waals surface area contributed by atoms with Gasteiger partial charge in [-0.2, -0.15) is 0 Å². The average molecular weight is 410 g/mol.